The summed E-state index contributed by atoms with van der Waals surface area (Å²) in [4.78, 5) is 19.7. The molecule has 0 aliphatic rings. The first-order valence-corrected chi connectivity index (χ1v) is 5.64. The normalized spacial score (nSPS) is 11.8. The standard InChI is InChI=1S/C11H18N4O3/c1-4-5-7(12)10(16)15-11-13-8(17-2)6-9(14-11)18-3/h6-7H,4-5,12H2,1-3H3,(H,13,14,15,16)/t7-/m0/s1. The number of hydrogen-bond donors (Lipinski definition) is 2. The van der Waals surface area contributed by atoms with Crippen molar-refractivity contribution in [2.24, 2.45) is 5.73 Å². The third-order valence-corrected chi connectivity index (χ3v) is 2.27. The van der Waals surface area contributed by atoms with Crippen LogP contribution in [0.2, 0.25) is 0 Å². The van der Waals surface area contributed by atoms with E-state index in [1.165, 1.54) is 20.3 Å². The van der Waals surface area contributed by atoms with E-state index in [0.717, 1.165) is 6.42 Å². The SMILES string of the molecule is CCC[C@H](N)C(=O)Nc1nc(OC)cc(OC)n1. The van der Waals surface area contributed by atoms with Crippen LogP contribution in [-0.4, -0.2) is 36.1 Å². The van der Waals surface area contributed by atoms with Crippen molar-refractivity contribution >= 4 is 11.9 Å². The second-order valence-corrected chi connectivity index (χ2v) is 3.66. The maximum Gasteiger partial charge on any atom is 0.243 e. The maximum absolute atomic E-state index is 11.7. The minimum absolute atomic E-state index is 0.114. The number of amides is 1. The van der Waals surface area contributed by atoms with Crippen LogP contribution in [0.5, 0.6) is 11.8 Å². The number of nitrogens with one attached hydrogen (secondary N) is 1. The topological polar surface area (TPSA) is 99.4 Å². The molecule has 0 aliphatic heterocycles. The molecule has 1 aromatic rings. The molecule has 1 rings (SSSR count). The summed E-state index contributed by atoms with van der Waals surface area (Å²) in [5.74, 6) is 0.400. The lowest BCUT2D eigenvalue weighted by atomic mass is 10.2. The maximum atomic E-state index is 11.7. The van der Waals surface area contributed by atoms with Gasteiger partial charge in [0, 0.05) is 0 Å². The lowest BCUT2D eigenvalue weighted by Gasteiger charge is -2.11. The predicted molar refractivity (Wildman–Crippen MR) is 66.6 cm³/mol. The van der Waals surface area contributed by atoms with Gasteiger partial charge < -0.3 is 15.2 Å². The van der Waals surface area contributed by atoms with E-state index in [1.54, 1.807) is 0 Å². The van der Waals surface area contributed by atoms with Crippen molar-refractivity contribution in [1.29, 1.82) is 0 Å². The Balaban J connectivity index is 2.80. The van der Waals surface area contributed by atoms with Crippen LogP contribution in [0, 0.1) is 0 Å². The summed E-state index contributed by atoms with van der Waals surface area (Å²) >= 11 is 0. The Bertz CT molecular complexity index is 389. The minimum atomic E-state index is -0.573. The highest BCUT2D eigenvalue weighted by molar-refractivity contribution is 5.93. The molecule has 18 heavy (non-hydrogen) atoms. The number of ether oxygens (including phenoxy) is 2. The van der Waals surface area contributed by atoms with Gasteiger partial charge in [-0.25, -0.2) is 0 Å². The fraction of sp³-hybridized carbons (Fsp3) is 0.545. The van der Waals surface area contributed by atoms with Crippen LogP contribution >= 0.6 is 0 Å². The Labute approximate surface area is 106 Å². The molecule has 0 bridgehead atoms. The summed E-state index contributed by atoms with van der Waals surface area (Å²) in [6.07, 6.45) is 1.43. The predicted octanol–water partition coefficient (Wildman–Crippen LogP) is 0.560. The van der Waals surface area contributed by atoms with E-state index in [-0.39, 0.29) is 11.9 Å². The van der Waals surface area contributed by atoms with Crippen molar-refractivity contribution in [3.63, 3.8) is 0 Å². The molecule has 0 unspecified atom stereocenters. The van der Waals surface area contributed by atoms with Gasteiger partial charge in [0.05, 0.1) is 26.3 Å². The smallest absolute Gasteiger partial charge is 0.243 e. The lowest BCUT2D eigenvalue weighted by Crippen LogP contribution is -2.35. The number of nitrogens with two attached hydrogens (primary N) is 1. The molecule has 0 saturated carbocycles. The molecule has 3 N–H and O–H groups in total. The molecule has 1 atom stereocenters. The van der Waals surface area contributed by atoms with Crippen LogP contribution in [0.15, 0.2) is 6.07 Å². The summed E-state index contributed by atoms with van der Waals surface area (Å²) in [5.41, 5.74) is 5.69. The molecule has 100 valence electrons. The molecule has 0 saturated heterocycles. The van der Waals surface area contributed by atoms with Crippen molar-refractivity contribution < 1.29 is 14.3 Å². The van der Waals surface area contributed by atoms with Crippen molar-refractivity contribution in [2.75, 3.05) is 19.5 Å². The molecule has 7 nitrogen and oxygen atoms in total. The molecule has 1 heterocycles. The number of hydrogen-bond acceptors (Lipinski definition) is 6. The van der Waals surface area contributed by atoms with Gasteiger partial charge in [0.15, 0.2) is 0 Å². The molecule has 0 fully saturated rings. The molecule has 7 heteroatoms. The zero-order valence-corrected chi connectivity index (χ0v) is 10.8. The first-order chi connectivity index (χ1) is 8.60. The summed E-state index contributed by atoms with van der Waals surface area (Å²) < 4.78 is 9.95. The van der Waals surface area contributed by atoms with Gasteiger partial charge in [-0.3, -0.25) is 10.1 Å². The zero-order chi connectivity index (χ0) is 13.5. The number of nitrogens with zero attached hydrogens (tertiary/aromatic N) is 2. The van der Waals surface area contributed by atoms with Crippen molar-refractivity contribution in [3.05, 3.63) is 6.07 Å². The van der Waals surface area contributed by atoms with Gasteiger partial charge in [-0.1, -0.05) is 13.3 Å². The third-order valence-electron chi connectivity index (χ3n) is 2.27. The van der Waals surface area contributed by atoms with Crippen LogP contribution in [0.25, 0.3) is 0 Å². The zero-order valence-electron chi connectivity index (χ0n) is 10.8. The van der Waals surface area contributed by atoms with Gasteiger partial charge in [-0.15, -0.1) is 0 Å². The summed E-state index contributed by atoms with van der Waals surface area (Å²) in [7, 11) is 2.94. The molecule has 0 spiro atoms. The van der Waals surface area contributed by atoms with Gasteiger partial charge in [-0.2, -0.15) is 9.97 Å². The molecule has 0 radical (unpaired) electrons. The quantitative estimate of drug-likeness (QED) is 0.769. The fourth-order valence-electron chi connectivity index (χ4n) is 1.31. The second kappa shape index (κ2) is 6.75. The highest BCUT2D eigenvalue weighted by Gasteiger charge is 2.15. The van der Waals surface area contributed by atoms with Crippen molar-refractivity contribution in [1.82, 2.24) is 9.97 Å². The van der Waals surface area contributed by atoms with Gasteiger partial charge in [0.25, 0.3) is 0 Å². The van der Waals surface area contributed by atoms with Crippen LogP contribution in [0.4, 0.5) is 5.95 Å². The Morgan fingerprint density at radius 3 is 2.39 bits per heavy atom. The number of aromatic nitrogens is 2. The first kappa shape index (κ1) is 14.2. The largest absolute Gasteiger partial charge is 0.481 e. The monoisotopic (exact) mass is 254 g/mol. The Morgan fingerprint density at radius 1 is 1.39 bits per heavy atom. The van der Waals surface area contributed by atoms with E-state index >= 15 is 0 Å². The average molecular weight is 254 g/mol. The average Bonchev–Trinajstić information content (AvgIpc) is 2.38. The van der Waals surface area contributed by atoms with Crippen LogP contribution in [-0.2, 0) is 4.79 Å². The molecular weight excluding hydrogens is 236 g/mol. The van der Waals surface area contributed by atoms with Gasteiger partial charge in [0.2, 0.25) is 23.6 Å². The number of methoxy groups -OCH3 is 2. The van der Waals surface area contributed by atoms with Gasteiger partial charge in [0.1, 0.15) is 0 Å². The Kier molecular flexibility index (Phi) is 5.31. The molecular formula is C11H18N4O3. The van der Waals surface area contributed by atoms with Gasteiger partial charge in [-0.05, 0) is 6.42 Å². The Morgan fingerprint density at radius 2 is 1.94 bits per heavy atom. The van der Waals surface area contributed by atoms with Crippen LogP contribution in [0.1, 0.15) is 19.8 Å². The Hall–Kier alpha value is -1.89. The van der Waals surface area contributed by atoms with E-state index in [2.05, 4.69) is 15.3 Å². The lowest BCUT2D eigenvalue weighted by molar-refractivity contribution is -0.117. The highest BCUT2D eigenvalue weighted by atomic mass is 16.5. The number of carbonyl (C=O) groups is 1. The molecule has 1 aromatic heterocycles. The number of carbonyl (C=O) groups excluding carboxylic acids is 1. The number of anilines is 1. The third kappa shape index (κ3) is 3.85. The summed E-state index contributed by atoms with van der Waals surface area (Å²) in [6, 6.07) is 0.942. The van der Waals surface area contributed by atoms with Crippen LogP contribution in [0.3, 0.4) is 0 Å². The molecule has 0 aromatic carbocycles. The fourth-order valence-corrected chi connectivity index (χ4v) is 1.31. The molecule has 0 aliphatic carbocycles. The van der Waals surface area contributed by atoms with Gasteiger partial charge >= 0.3 is 0 Å². The minimum Gasteiger partial charge on any atom is -0.481 e. The second-order valence-electron chi connectivity index (χ2n) is 3.66. The number of rotatable bonds is 6. The van der Waals surface area contributed by atoms with E-state index < -0.39 is 6.04 Å². The summed E-state index contributed by atoms with van der Waals surface area (Å²) in [6.45, 7) is 1.96. The molecule has 1 amide bonds. The summed E-state index contributed by atoms with van der Waals surface area (Å²) in [5, 5.41) is 2.53. The van der Waals surface area contributed by atoms with Crippen molar-refractivity contribution in [2.45, 2.75) is 25.8 Å². The van der Waals surface area contributed by atoms with E-state index in [4.69, 9.17) is 15.2 Å². The van der Waals surface area contributed by atoms with E-state index in [1.807, 2.05) is 6.92 Å². The van der Waals surface area contributed by atoms with E-state index in [9.17, 15) is 4.79 Å². The van der Waals surface area contributed by atoms with E-state index in [0.29, 0.717) is 18.2 Å². The highest BCUT2D eigenvalue weighted by Crippen LogP contribution is 2.17. The van der Waals surface area contributed by atoms with Crippen molar-refractivity contribution in [3.8, 4) is 11.8 Å². The first-order valence-electron chi connectivity index (χ1n) is 5.64. The van der Waals surface area contributed by atoms with Crippen LogP contribution < -0.4 is 20.5 Å².